The fourth-order valence-corrected chi connectivity index (χ4v) is 4.34. The maximum atomic E-state index is 12.8. The lowest BCUT2D eigenvalue weighted by Gasteiger charge is -2.28. The SMILES string of the molecule is COc1cc(NC(=S)NC(=O)c2ccc(N3CCCCC3)c([N+](=O)[O-])c2)ccc1-c1ccc(CO)o1. The Morgan fingerprint density at radius 2 is 1.94 bits per heavy atom. The lowest BCUT2D eigenvalue weighted by atomic mass is 10.1. The smallest absolute Gasteiger partial charge is 0.293 e. The quantitative estimate of drug-likeness (QED) is 0.239. The Bertz CT molecular complexity index is 1290. The predicted octanol–water partition coefficient (Wildman–Crippen LogP) is 4.47. The van der Waals surface area contributed by atoms with Crippen molar-refractivity contribution in [3.05, 3.63) is 70.0 Å². The number of nitro groups is 1. The fraction of sp³-hybridized carbons (Fsp3) is 0.280. The van der Waals surface area contributed by atoms with E-state index in [0.717, 1.165) is 32.4 Å². The van der Waals surface area contributed by atoms with Gasteiger partial charge in [-0.1, -0.05) is 0 Å². The van der Waals surface area contributed by atoms with Gasteiger partial charge in [-0.2, -0.15) is 0 Å². The highest BCUT2D eigenvalue weighted by Gasteiger charge is 2.23. The van der Waals surface area contributed by atoms with Crippen LogP contribution < -0.4 is 20.3 Å². The van der Waals surface area contributed by atoms with Crippen LogP contribution in [0.25, 0.3) is 11.3 Å². The van der Waals surface area contributed by atoms with Crippen LogP contribution in [0.1, 0.15) is 35.4 Å². The summed E-state index contributed by atoms with van der Waals surface area (Å²) in [6, 6.07) is 13.1. The summed E-state index contributed by atoms with van der Waals surface area (Å²) in [5, 5.41) is 26.4. The highest BCUT2D eigenvalue weighted by atomic mass is 32.1. The van der Waals surface area contributed by atoms with Gasteiger partial charge in [-0.05, 0) is 67.9 Å². The van der Waals surface area contributed by atoms with E-state index >= 15 is 0 Å². The van der Waals surface area contributed by atoms with Crippen molar-refractivity contribution in [3.8, 4) is 17.1 Å². The number of carbonyl (C=O) groups is 1. The van der Waals surface area contributed by atoms with Gasteiger partial charge < -0.3 is 24.5 Å². The molecule has 1 amide bonds. The van der Waals surface area contributed by atoms with Crippen LogP contribution in [0.4, 0.5) is 17.1 Å². The van der Waals surface area contributed by atoms with Crippen molar-refractivity contribution in [3.63, 3.8) is 0 Å². The summed E-state index contributed by atoms with van der Waals surface area (Å²) in [5.74, 6) is 0.906. The maximum Gasteiger partial charge on any atom is 0.293 e. The number of methoxy groups -OCH3 is 1. The molecule has 2 heterocycles. The van der Waals surface area contributed by atoms with Crippen molar-refractivity contribution in [1.82, 2.24) is 5.32 Å². The number of rotatable bonds is 7. The third kappa shape index (κ3) is 5.64. The molecule has 1 fully saturated rings. The minimum absolute atomic E-state index is 0.0260. The number of amides is 1. The molecule has 36 heavy (non-hydrogen) atoms. The number of hydrogen-bond acceptors (Lipinski definition) is 8. The van der Waals surface area contributed by atoms with Gasteiger partial charge in [0.25, 0.3) is 11.6 Å². The third-order valence-electron chi connectivity index (χ3n) is 5.90. The number of furan rings is 1. The van der Waals surface area contributed by atoms with Gasteiger partial charge in [-0.3, -0.25) is 20.2 Å². The largest absolute Gasteiger partial charge is 0.496 e. The van der Waals surface area contributed by atoms with E-state index in [1.165, 1.54) is 13.2 Å². The molecule has 0 radical (unpaired) electrons. The first-order chi connectivity index (χ1) is 17.4. The van der Waals surface area contributed by atoms with Crippen molar-refractivity contribution in [2.24, 2.45) is 0 Å². The van der Waals surface area contributed by atoms with Crippen LogP contribution in [0.5, 0.6) is 5.75 Å². The van der Waals surface area contributed by atoms with Gasteiger partial charge >= 0.3 is 0 Å². The second kappa shape index (κ2) is 11.2. The maximum absolute atomic E-state index is 12.8. The van der Waals surface area contributed by atoms with Crippen LogP contribution in [0.2, 0.25) is 0 Å². The number of benzene rings is 2. The van der Waals surface area contributed by atoms with E-state index in [0.29, 0.717) is 34.2 Å². The average Bonchev–Trinajstić information content (AvgIpc) is 3.37. The molecule has 2 aromatic carbocycles. The van der Waals surface area contributed by atoms with Crippen LogP contribution in [0, 0.1) is 10.1 Å². The van der Waals surface area contributed by atoms with Crippen LogP contribution in [0.3, 0.4) is 0 Å². The van der Waals surface area contributed by atoms with E-state index in [1.807, 2.05) is 4.90 Å². The highest BCUT2D eigenvalue weighted by molar-refractivity contribution is 7.80. The third-order valence-corrected chi connectivity index (χ3v) is 6.10. The zero-order valence-corrected chi connectivity index (χ0v) is 20.5. The summed E-state index contributed by atoms with van der Waals surface area (Å²) in [6.45, 7) is 1.30. The molecule has 3 aromatic rings. The molecule has 0 bridgehead atoms. The second-order valence-corrected chi connectivity index (χ2v) is 8.66. The van der Waals surface area contributed by atoms with Gasteiger partial charge in [-0.15, -0.1) is 0 Å². The molecule has 11 heteroatoms. The number of carbonyl (C=O) groups excluding carboxylic acids is 1. The molecule has 1 aliphatic heterocycles. The van der Waals surface area contributed by atoms with Crippen molar-refractivity contribution < 1.29 is 24.0 Å². The molecule has 1 aliphatic rings. The molecule has 10 nitrogen and oxygen atoms in total. The Morgan fingerprint density at radius 1 is 1.17 bits per heavy atom. The van der Waals surface area contributed by atoms with E-state index < -0.39 is 10.8 Å². The minimum Gasteiger partial charge on any atom is -0.496 e. The second-order valence-electron chi connectivity index (χ2n) is 8.26. The fourth-order valence-electron chi connectivity index (χ4n) is 4.13. The first kappa shape index (κ1) is 25.1. The van der Waals surface area contributed by atoms with Gasteiger partial charge in [0.05, 0.1) is 17.6 Å². The van der Waals surface area contributed by atoms with E-state index in [4.69, 9.17) is 21.4 Å². The van der Waals surface area contributed by atoms with Crippen LogP contribution in [-0.2, 0) is 6.61 Å². The molecular formula is C25H26N4O6S. The lowest BCUT2D eigenvalue weighted by Crippen LogP contribution is -2.34. The highest BCUT2D eigenvalue weighted by Crippen LogP contribution is 2.34. The molecule has 188 valence electrons. The number of aliphatic hydroxyl groups is 1. The normalized spacial score (nSPS) is 13.2. The zero-order valence-electron chi connectivity index (χ0n) is 19.7. The van der Waals surface area contributed by atoms with Gasteiger partial charge in [0.2, 0.25) is 0 Å². The van der Waals surface area contributed by atoms with Crippen molar-refractivity contribution in [1.29, 1.82) is 0 Å². The molecule has 0 spiro atoms. The predicted molar refractivity (Wildman–Crippen MR) is 139 cm³/mol. The van der Waals surface area contributed by atoms with E-state index in [1.54, 1.807) is 42.5 Å². The molecule has 0 aliphatic carbocycles. The number of thiocarbonyl (C=S) groups is 1. The molecule has 3 N–H and O–H groups in total. The topological polar surface area (TPSA) is 130 Å². The number of nitro benzene ring substituents is 1. The number of piperidine rings is 1. The number of nitrogens with one attached hydrogen (secondary N) is 2. The first-order valence-electron chi connectivity index (χ1n) is 11.4. The van der Waals surface area contributed by atoms with E-state index in [2.05, 4.69) is 10.6 Å². The summed E-state index contributed by atoms with van der Waals surface area (Å²) in [4.78, 5) is 26.0. The Balaban J connectivity index is 1.45. The monoisotopic (exact) mass is 510 g/mol. The number of ether oxygens (including phenoxy) is 1. The molecular weight excluding hydrogens is 484 g/mol. The van der Waals surface area contributed by atoms with E-state index in [9.17, 15) is 20.0 Å². The molecule has 1 saturated heterocycles. The van der Waals surface area contributed by atoms with Crippen molar-refractivity contribution in [2.75, 3.05) is 30.4 Å². The Morgan fingerprint density at radius 3 is 2.61 bits per heavy atom. The van der Waals surface area contributed by atoms with Crippen LogP contribution >= 0.6 is 12.2 Å². The molecule has 4 rings (SSSR count). The minimum atomic E-state index is -0.559. The Kier molecular flexibility index (Phi) is 7.81. The summed E-state index contributed by atoms with van der Waals surface area (Å²) >= 11 is 5.28. The summed E-state index contributed by atoms with van der Waals surface area (Å²) in [5.41, 5.74) is 1.79. The lowest BCUT2D eigenvalue weighted by molar-refractivity contribution is -0.384. The number of anilines is 2. The average molecular weight is 511 g/mol. The van der Waals surface area contributed by atoms with Crippen molar-refractivity contribution in [2.45, 2.75) is 25.9 Å². The summed E-state index contributed by atoms with van der Waals surface area (Å²) < 4.78 is 11.0. The van der Waals surface area contributed by atoms with Gasteiger partial charge in [0, 0.05) is 36.5 Å². The molecule has 0 saturated carbocycles. The molecule has 1 aromatic heterocycles. The number of nitrogens with zero attached hydrogens (tertiary/aromatic N) is 2. The summed E-state index contributed by atoms with van der Waals surface area (Å²) in [6.07, 6.45) is 3.07. The summed E-state index contributed by atoms with van der Waals surface area (Å²) in [7, 11) is 1.51. The number of aliphatic hydroxyl groups excluding tert-OH is 1. The standard InChI is InChI=1S/C25H26N4O6S/c1-34-23-14-17(6-8-19(23)22-10-7-18(15-30)35-22)26-25(36)27-24(31)16-5-9-20(21(13-16)29(32)33)28-11-3-2-4-12-28/h5-10,13-14,30H,2-4,11-12,15H2,1H3,(H2,26,27,31,36). The van der Waals surface area contributed by atoms with Gasteiger partial charge in [0.1, 0.15) is 29.6 Å². The Hall–Kier alpha value is -3.96. The number of hydrogen-bond donors (Lipinski definition) is 3. The Labute approximate surface area is 213 Å². The van der Waals surface area contributed by atoms with Crippen LogP contribution in [0.15, 0.2) is 52.9 Å². The first-order valence-corrected chi connectivity index (χ1v) is 11.8. The zero-order chi connectivity index (χ0) is 25.7. The molecule has 0 unspecified atom stereocenters. The molecule has 0 atom stereocenters. The van der Waals surface area contributed by atoms with Crippen LogP contribution in [-0.4, -0.2) is 41.2 Å². The van der Waals surface area contributed by atoms with Crippen molar-refractivity contribution >= 4 is 40.3 Å². The van der Waals surface area contributed by atoms with E-state index in [-0.39, 0.29) is 23.0 Å². The van der Waals surface area contributed by atoms with Gasteiger partial charge in [0.15, 0.2) is 5.11 Å². The van der Waals surface area contributed by atoms with Gasteiger partial charge in [-0.25, -0.2) is 0 Å².